The van der Waals surface area contributed by atoms with Crippen LogP contribution in [-0.4, -0.2) is 40.7 Å². The van der Waals surface area contributed by atoms with Crippen LogP contribution in [0.2, 0.25) is 0 Å². The van der Waals surface area contributed by atoms with Gasteiger partial charge < -0.3 is 9.80 Å². The van der Waals surface area contributed by atoms with E-state index in [1.807, 2.05) is 9.80 Å². The van der Waals surface area contributed by atoms with Gasteiger partial charge in [-0.25, -0.2) is 0 Å². The van der Waals surface area contributed by atoms with Gasteiger partial charge in [-0.2, -0.15) is 0 Å². The molecular formula is C16H20N2O2S. The smallest absolute Gasteiger partial charge is 0.245 e. The van der Waals surface area contributed by atoms with Crippen molar-refractivity contribution in [2.24, 2.45) is 5.92 Å². The Kier molecular flexibility index (Phi) is 3.25. The van der Waals surface area contributed by atoms with E-state index in [4.69, 9.17) is 0 Å². The third-order valence-corrected chi connectivity index (χ3v) is 5.89. The van der Waals surface area contributed by atoms with Gasteiger partial charge in [0.2, 0.25) is 11.8 Å². The van der Waals surface area contributed by atoms with Crippen LogP contribution in [0.1, 0.15) is 36.1 Å². The lowest BCUT2D eigenvalue weighted by Gasteiger charge is -2.32. The van der Waals surface area contributed by atoms with Crippen LogP contribution >= 0.6 is 11.3 Å². The molecule has 1 atom stereocenters. The molecule has 0 spiro atoms. The summed E-state index contributed by atoms with van der Waals surface area (Å²) in [5, 5.41) is 2.11. The molecule has 112 valence electrons. The number of carbonyl (C=O) groups excluding carboxylic acids is 2. The summed E-state index contributed by atoms with van der Waals surface area (Å²) in [6, 6.07) is 1.93. The molecule has 1 saturated heterocycles. The van der Waals surface area contributed by atoms with E-state index in [2.05, 4.69) is 11.4 Å². The molecule has 0 unspecified atom stereocenters. The molecule has 1 aromatic heterocycles. The zero-order chi connectivity index (χ0) is 14.4. The van der Waals surface area contributed by atoms with Gasteiger partial charge in [-0.3, -0.25) is 9.59 Å². The van der Waals surface area contributed by atoms with E-state index in [1.54, 1.807) is 11.3 Å². The second-order valence-electron chi connectivity index (χ2n) is 6.34. The minimum Gasteiger partial charge on any atom is -0.336 e. The second kappa shape index (κ2) is 5.13. The molecule has 3 aliphatic rings. The SMILES string of the molecule is O=C([C@H]1CCCN1C(=O)C1CC1)N1CCc2sccc2C1. The van der Waals surface area contributed by atoms with Crippen LogP contribution in [0.3, 0.4) is 0 Å². The first kappa shape index (κ1) is 13.3. The summed E-state index contributed by atoms with van der Waals surface area (Å²) in [5.41, 5.74) is 1.29. The Hall–Kier alpha value is -1.36. The summed E-state index contributed by atoms with van der Waals surface area (Å²) in [5.74, 6) is 0.598. The van der Waals surface area contributed by atoms with Crippen molar-refractivity contribution in [3.05, 3.63) is 21.9 Å². The molecule has 1 aromatic rings. The molecular weight excluding hydrogens is 284 g/mol. The lowest BCUT2D eigenvalue weighted by Crippen LogP contribution is -2.49. The fourth-order valence-corrected chi connectivity index (χ4v) is 4.39. The highest BCUT2D eigenvalue weighted by Crippen LogP contribution is 2.34. The zero-order valence-electron chi connectivity index (χ0n) is 12.1. The number of nitrogens with zero attached hydrogens (tertiary/aromatic N) is 2. The molecule has 0 N–H and O–H groups in total. The van der Waals surface area contributed by atoms with Crippen molar-refractivity contribution in [2.45, 2.75) is 44.7 Å². The molecule has 0 aromatic carbocycles. The first-order valence-corrected chi connectivity index (χ1v) is 8.76. The Labute approximate surface area is 128 Å². The molecule has 2 amide bonds. The van der Waals surface area contributed by atoms with Crippen molar-refractivity contribution in [2.75, 3.05) is 13.1 Å². The summed E-state index contributed by atoms with van der Waals surface area (Å²) in [4.78, 5) is 30.4. The molecule has 4 rings (SSSR count). The molecule has 2 fully saturated rings. The van der Waals surface area contributed by atoms with Crippen molar-refractivity contribution in [3.63, 3.8) is 0 Å². The summed E-state index contributed by atoms with van der Waals surface area (Å²) < 4.78 is 0. The zero-order valence-corrected chi connectivity index (χ0v) is 12.9. The van der Waals surface area contributed by atoms with E-state index >= 15 is 0 Å². The number of thiophene rings is 1. The largest absolute Gasteiger partial charge is 0.336 e. The van der Waals surface area contributed by atoms with Crippen LogP contribution in [0.4, 0.5) is 0 Å². The summed E-state index contributed by atoms with van der Waals surface area (Å²) in [6.45, 7) is 2.29. The topological polar surface area (TPSA) is 40.6 Å². The normalized spacial score (nSPS) is 25.0. The third-order valence-electron chi connectivity index (χ3n) is 4.87. The first-order chi connectivity index (χ1) is 10.2. The molecule has 4 nitrogen and oxygen atoms in total. The van der Waals surface area contributed by atoms with Gasteiger partial charge in [-0.1, -0.05) is 0 Å². The number of hydrogen-bond donors (Lipinski definition) is 0. The van der Waals surface area contributed by atoms with Gasteiger partial charge in [-0.15, -0.1) is 11.3 Å². The average Bonchev–Trinajstić information content (AvgIpc) is 3.06. The Bertz CT molecular complexity index is 579. The highest BCUT2D eigenvalue weighted by Gasteiger charge is 2.42. The molecule has 3 heterocycles. The van der Waals surface area contributed by atoms with Crippen LogP contribution < -0.4 is 0 Å². The van der Waals surface area contributed by atoms with Crippen molar-refractivity contribution in [1.29, 1.82) is 0 Å². The number of rotatable bonds is 2. The molecule has 0 radical (unpaired) electrons. The second-order valence-corrected chi connectivity index (χ2v) is 7.34. The molecule has 2 aliphatic heterocycles. The fourth-order valence-electron chi connectivity index (χ4n) is 3.50. The monoisotopic (exact) mass is 304 g/mol. The van der Waals surface area contributed by atoms with Gasteiger partial charge in [0.25, 0.3) is 0 Å². The molecule has 5 heteroatoms. The van der Waals surface area contributed by atoms with Crippen LogP contribution in [0.5, 0.6) is 0 Å². The molecule has 1 aliphatic carbocycles. The quantitative estimate of drug-likeness (QED) is 0.839. The maximum atomic E-state index is 12.8. The Morgan fingerprint density at radius 3 is 2.81 bits per heavy atom. The van der Waals surface area contributed by atoms with Crippen LogP contribution in [0.25, 0.3) is 0 Å². The number of carbonyl (C=O) groups is 2. The lowest BCUT2D eigenvalue weighted by molar-refractivity contribution is -0.145. The molecule has 1 saturated carbocycles. The minimum atomic E-state index is -0.196. The van der Waals surface area contributed by atoms with E-state index < -0.39 is 0 Å². The average molecular weight is 304 g/mol. The third kappa shape index (κ3) is 2.37. The summed E-state index contributed by atoms with van der Waals surface area (Å²) >= 11 is 1.79. The minimum absolute atomic E-state index is 0.165. The van der Waals surface area contributed by atoms with Crippen molar-refractivity contribution in [1.82, 2.24) is 9.80 Å². The molecule has 21 heavy (non-hydrogen) atoms. The predicted octanol–water partition coefficient (Wildman–Crippen LogP) is 2.03. The van der Waals surface area contributed by atoms with E-state index in [0.29, 0.717) is 0 Å². The van der Waals surface area contributed by atoms with Gasteiger partial charge in [0.05, 0.1) is 0 Å². The van der Waals surface area contributed by atoms with E-state index in [9.17, 15) is 9.59 Å². The first-order valence-electron chi connectivity index (χ1n) is 7.88. The van der Waals surface area contributed by atoms with Crippen LogP contribution in [-0.2, 0) is 22.6 Å². The Balaban J connectivity index is 1.48. The molecule has 0 bridgehead atoms. The van der Waals surface area contributed by atoms with Gasteiger partial charge in [-0.05, 0) is 49.1 Å². The Morgan fingerprint density at radius 2 is 2.00 bits per heavy atom. The summed E-state index contributed by atoms with van der Waals surface area (Å²) in [6.07, 6.45) is 4.79. The Morgan fingerprint density at radius 1 is 1.14 bits per heavy atom. The lowest BCUT2D eigenvalue weighted by atomic mass is 10.1. The highest BCUT2D eigenvalue weighted by atomic mass is 32.1. The maximum Gasteiger partial charge on any atom is 0.245 e. The van der Waals surface area contributed by atoms with Crippen molar-refractivity contribution < 1.29 is 9.59 Å². The van der Waals surface area contributed by atoms with Crippen molar-refractivity contribution in [3.8, 4) is 0 Å². The van der Waals surface area contributed by atoms with E-state index in [-0.39, 0.29) is 23.8 Å². The fraction of sp³-hybridized carbons (Fsp3) is 0.625. The van der Waals surface area contributed by atoms with Crippen LogP contribution in [0.15, 0.2) is 11.4 Å². The maximum absolute atomic E-state index is 12.8. The standard InChI is InChI=1S/C16H20N2O2S/c19-15(11-3-4-11)18-7-1-2-13(18)16(20)17-8-5-14-12(10-17)6-9-21-14/h6,9,11,13H,1-5,7-8,10H2/t13-/m1/s1. The number of likely N-dealkylation sites (tertiary alicyclic amines) is 1. The van der Waals surface area contributed by atoms with Gasteiger partial charge in [0.15, 0.2) is 0 Å². The number of amides is 2. The van der Waals surface area contributed by atoms with Gasteiger partial charge in [0.1, 0.15) is 6.04 Å². The van der Waals surface area contributed by atoms with E-state index in [0.717, 1.165) is 51.7 Å². The highest BCUT2D eigenvalue weighted by molar-refractivity contribution is 7.10. The van der Waals surface area contributed by atoms with Crippen molar-refractivity contribution >= 4 is 23.2 Å². The van der Waals surface area contributed by atoms with Gasteiger partial charge in [0, 0.05) is 30.4 Å². The predicted molar refractivity (Wildman–Crippen MR) is 80.9 cm³/mol. The van der Waals surface area contributed by atoms with Crippen LogP contribution in [0, 0.1) is 5.92 Å². The summed E-state index contributed by atoms with van der Waals surface area (Å²) in [7, 11) is 0. The number of hydrogen-bond acceptors (Lipinski definition) is 3. The van der Waals surface area contributed by atoms with Gasteiger partial charge >= 0.3 is 0 Å². The van der Waals surface area contributed by atoms with E-state index in [1.165, 1.54) is 10.4 Å². The number of fused-ring (bicyclic) bond motifs is 1.